The molecular weight excluding hydrogens is 288 g/mol. The van der Waals surface area contributed by atoms with Crippen LogP contribution in [0.25, 0.3) is 12.2 Å². The van der Waals surface area contributed by atoms with Crippen molar-refractivity contribution in [2.75, 3.05) is 18.0 Å². The lowest BCUT2D eigenvalue weighted by molar-refractivity contribution is 0.0691. The molecule has 3 rings (SSSR count). The molecule has 1 aliphatic heterocycles. The maximum absolute atomic E-state index is 10.7. The fraction of sp³-hybridized carbons (Fsp3) is 0.286. The van der Waals surface area contributed by atoms with Crippen molar-refractivity contribution in [2.45, 2.75) is 12.8 Å². The van der Waals surface area contributed by atoms with Crippen molar-refractivity contribution in [3.63, 3.8) is 0 Å². The number of aromatic nitrogens is 3. The van der Waals surface area contributed by atoms with Crippen LogP contribution in [0.4, 0.5) is 5.95 Å². The van der Waals surface area contributed by atoms with E-state index in [1.54, 1.807) is 18.5 Å². The number of carboxylic acids is 1. The fourth-order valence-electron chi connectivity index (χ4n) is 2.13. The molecule has 0 atom stereocenters. The molecule has 1 N–H and O–H groups in total. The first-order valence-corrected chi connectivity index (χ1v) is 7.54. The second kappa shape index (κ2) is 6.01. The summed E-state index contributed by atoms with van der Waals surface area (Å²) in [5, 5.41) is 11.0. The number of thiazole rings is 1. The molecule has 0 unspecified atom stereocenters. The maximum Gasteiger partial charge on any atom is 0.355 e. The van der Waals surface area contributed by atoms with E-state index in [0.29, 0.717) is 5.01 Å². The van der Waals surface area contributed by atoms with E-state index in [0.717, 1.165) is 24.6 Å². The highest BCUT2D eigenvalue weighted by Crippen LogP contribution is 2.16. The summed E-state index contributed by atoms with van der Waals surface area (Å²) in [6, 6.07) is 0. The van der Waals surface area contributed by atoms with Crippen LogP contribution in [0.2, 0.25) is 0 Å². The maximum atomic E-state index is 10.7. The third-order valence-corrected chi connectivity index (χ3v) is 4.02. The van der Waals surface area contributed by atoms with Crippen LogP contribution in [-0.2, 0) is 0 Å². The molecule has 1 aliphatic rings. The van der Waals surface area contributed by atoms with Crippen LogP contribution in [0.15, 0.2) is 17.8 Å². The predicted octanol–water partition coefficient (Wildman–Crippen LogP) is 2.40. The van der Waals surface area contributed by atoms with Crippen LogP contribution in [0, 0.1) is 0 Å². The molecule has 108 valence electrons. The highest BCUT2D eigenvalue weighted by atomic mass is 32.1. The number of hydrogen-bond acceptors (Lipinski definition) is 6. The molecule has 7 heteroatoms. The smallest absolute Gasteiger partial charge is 0.355 e. The molecule has 2 aromatic rings. The molecule has 1 fully saturated rings. The van der Waals surface area contributed by atoms with E-state index in [1.165, 1.54) is 29.6 Å². The van der Waals surface area contributed by atoms with E-state index in [1.807, 2.05) is 6.08 Å². The lowest BCUT2D eigenvalue weighted by Gasteiger charge is -2.14. The third-order valence-electron chi connectivity index (χ3n) is 3.21. The predicted molar refractivity (Wildman–Crippen MR) is 81.5 cm³/mol. The molecule has 0 aliphatic carbocycles. The minimum atomic E-state index is -1.01. The zero-order valence-electron chi connectivity index (χ0n) is 11.3. The second-order valence-corrected chi connectivity index (χ2v) is 5.61. The number of hydrogen-bond donors (Lipinski definition) is 1. The van der Waals surface area contributed by atoms with Gasteiger partial charge in [0.25, 0.3) is 0 Å². The minimum absolute atomic E-state index is 0.0697. The van der Waals surface area contributed by atoms with E-state index in [9.17, 15) is 4.79 Å². The molecular formula is C14H14N4O2S. The average Bonchev–Trinajstić information content (AvgIpc) is 3.17. The number of carbonyl (C=O) groups is 1. The molecule has 2 aromatic heterocycles. The Morgan fingerprint density at radius 3 is 2.57 bits per heavy atom. The number of carboxylic acid groups (broad SMARTS) is 1. The third kappa shape index (κ3) is 3.25. The van der Waals surface area contributed by atoms with Crippen molar-refractivity contribution >= 4 is 35.4 Å². The Bertz CT molecular complexity index is 660. The summed E-state index contributed by atoms with van der Waals surface area (Å²) < 4.78 is 0. The van der Waals surface area contributed by atoms with Gasteiger partial charge in [0.05, 0.1) is 0 Å². The summed E-state index contributed by atoms with van der Waals surface area (Å²) in [6.07, 6.45) is 9.53. The first kappa shape index (κ1) is 13.7. The summed E-state index contributed by atoms with van der Waals surface area (Å²) in [5.74, 6) is -0.240. The van der Waals surface area contributed by atoms with E-state index in [-0.39, 0.29) is 5.69 Å². The Morgan fingerprint density at radius 2 is 1.95 bits per heavy atom. The molecule has 21 heavy (non-hydrogen) atoms. The van der Waals surface area contributed by atoms with Gasteiger partial charge in [-0.05, 0) is 25.0 Å². The highest BCUT2D eigenvalue weighted by Gasteiger charge is 2.14. The largest absolute Gasteiger partial charge is 0.476 e. The van der Waals surface area contributed by atoms with Gasteiger partial charge in [0.15, 0.2) is 5.69 Å². The fourth-order valence-corrected chi connectivity index (χ4v) is 2.81. The van der Waals surface area contributed by atoms with E-state index < -0.39 is 5.97 Å². The molecule has 0 saturated carbocycles. The lowest BCUT2D eigenvalue weighted by Crippen LogP contribution is -2.20. The van der Waals surface area contributed by atoms with E-state index >= 15 is 0 Å². The molecule has 0 radical (unpaired) electrons. The molecule has 0 aromatic carbocycles. The van der Waals surface area contributed by atoms with Gasteiger partial charge in [0.1, 0.15) is 5.01 Å². The van der Waals surface area contributed by atoms with E-state index in [2.05, 4.69) is 19.9 Å². The van der Waals surface area contributed by atoms with Crippen LogP contribution in [0.1, 0.15) is 33.9 Å². The Morgan fingerprint density at radius 1 is 1.24 bits per heavy atom. The van der Waals surface area contributed by atoms with Gasteiger partial charge in [0.2, 0.25) is 5.95 Å². The minimum Gasteiger partial charge on any atom is -0.476 e. The summed E-state index contributed by atoms with van der Waals surface area (Å²) >= 11 is 1.29. The first-order valence-electron chi connectivity index (χ1n) is 6.66. The van der Waals surface area contributed by atoms with Gasteiger partial charge >= 0.3 is 5.97 Å². The summed E-state index contributed by atoms with van der Waals surface area (Å²) in [7, 11) is 0. The van der Waals surface area contributed by atoms with Crippen molar-refractivity contribution in [1.82, 2.24) is 15.0 Å². The van der Waals surface area contributed by atoms with Crippen molar-refractivity contribution in [2.24, 2.45) is 0 Å². The molecule has 0 spiro atoms. The number of rotatable bonds is 4. The second-order valence-electron chi connectivity index (χ2n) is 4.72. The summed E-state index contributed by atoms with van der Waals surface area (Å²) in [6.45, 7) is 2.04. The number of anilines is 1. The van der Waals surface area contributed by atoms with Crippen LogP contribution < -0.4 is 4.90 Å². The van der Waals surface area contributed by atoms with Gasteiger partial charge in [-0.2, -0.15) is 0 Å². The zero-order valence-corrected chi connectivity index (χ0v) is 12.1. The Balaban J connectivity index is 1.69. The topological polar surface area (TPSA) is 79.2 Å². The van der Waals surface area contributed by atoms with Gasteiger partial charge < -0.3 is 10.0 Å². The highest BCUT2D eigenvalue weighted by molar-refractivity contribution is 7.10. The summed E-state index contributed by atoms with van der Waals surface area (Å²) in [5.41, 5.74) is 0.935. The van der Waals surface area contributed by atoms with Crippen LogP contribution in [-0.4, -0.2) is 39.1 Å². The van der Waals surface area contributed by atoms with Gasteiger partial charge in [-0.15, -0.1) is 11.3 Å². The first-order chi connectivity index (χ1) is 10.2. The van der Waals surface area contributed by atoms with Crippen molar-refractivity contribution in [3.8, 4) is 0 Å². The molecule has 6 nitrogen and oxygen atoms in total. The lowest BCUT2D eigenvalue weighted by atomic mass is 10.3. The number of aromatic carboxylic acids is 1. The standard InChI is InChI=1S/C14H14N4O2S/c19-13(20)11-9-21-12(17-11)4-3-10-7-15-14(16-8-10)18-5-1-2-6-18/h3-4,7-9H,1-2,5-6H2,(H,19,20)/b4-3+. The molecule has 1 saturated heterocycles. The number of nitrogens with zero attached hydrogens (tertiary/aromatic N) is 4. The van der Waals surface area contributed by atoms with Crippen molar-refractivity contribution in [1.29, 1.82) is 0 Å². The molecule has 0 bridgehead atoms. The quantitative estimate of drug-likeness (QED) is 0.934. The molecule has 0 amide bonds. The molecule has 3 heterocycles. The van der Waals surface area contributed by atoms with Crippen molar-refractivity contribution < 1.29 is 9.90 Å². The Hall–Kier alpha value is -2.28. The Kier molecular flexibility index (Phi) is 3.92. The van der Waals surface area contributed by atoms with Gasteiger partial charge in [-0.3, -0.25) is 0 Å². The van der Waals surface area contributed by atoms with Gasteiger partial charge in [0, 0.05) is 36.4 Å². The zero-order chi connectivity index (χ0) is 14.7. The van der Waals surface area contributed by atoms with Crippen LogP contribution in [0.3, 0.4) is 0 Å². The van der Waals surface area contributed by atoms with E-state index in [4.69, 9.17) is 5.11 Å². The van der Waals surface area contributed by atoms with Crippen molar-refractivity contribution in [3.05, 3.63) is 34.0 Å². The monoisotopic (exact) mass is 302 g/mol. The van der Waals surface area contributed by atoms with Crippen LogP contribution in [0.5, 0.6) is 0 Å². The SMILES string of the molecule is O=C(O)c1csc(/C=C/c2cnc(N3CCCC3)nc2)n1. The summed E-state index contributed by atoms with van der Waals surface area (Å²) in [4.78, 5) is 25.6. The normalized spacial score (nSPS) is 15.0. The average molecular weight is 302 g/mol. The Labute approximate surface area is 125 Å². The van der Waals surface area contributed by atoms with Crippen LogP contribution >= 0.6 is 11.3 Å². The van der Waals surface area contributed by atoms with Gasteiger partial charge in [-0.25, -0.2) is 19.7 Å². The van der Waals surface area contributed by atoms with Gasteiger partial charge in [-0.1, -0.05) is 0 Å².